The Kier molecular flexibility index (Phi) is 4.24. The van der Waals surface area contributed by atoms with E-state index in [4.69, 9.17) is 0 Å². The Morgan fingerprint density at radius 3 is 2.63 bits per heavy atom. The predicted molar refractivity (Wildman–Crippen MR) is 72.9 cm³/mol. The highest BCUT2D eigenvalue weighted by atomic mass is 16.3. The van der Waals surface area contributed by atoms with Gasteiger partial charge in [-0.3, -0.25) is 4.79 Å². The third kappa shape index (κ3) is 2.81. The summed E-state index contributed by atoms with van der Waals surface area (Å²) in [5.41, 5.74) is 0.587. The molecule has 1 aromatic heterocycles. The molecular weight excluding hydrogens is 242 g/mol. The van der Waals surface area contributed by atoms with Crippen LogP contribution in [0.25, 0.3) is 0 Å². The van der Waals surface area contributed by atoms with Gasteiger partial charge in [-0.1, -0.05) is 13.8 Å². The van der Waals surface area contributed by atoms with Crippen LogP contribution < -0.4 is 0 Å². The summed E-state index contributed by atoms with van der Waals surface area (Å²) in [5.74, 6) is 0.869. The normalized spacial score (nSPS) is 18.6. The van der Waals surface area contributed by atoms with E-state index in [1.54, 1.807) is 6.20 Å². The number of carbonyl (C=O) groups is 1. The molecule has 1 saturated heterocycles. The number of hydrogen-bond donors (Lipinski definition) is 2. The highest BCUT2D eigenvalue weighted by Crippen LogP contribution is 2.34. The van der Waals surface area contributed by atoms with Gasteiger partial charge in [-0.15, -0.1) is 0 Å². The molecule has 1 aromatic rings. The third-order valence-corrected chi connectivity index (χ3v) is 4.39. The molecule has 1 fully saturated rings. The van der Waals surface area contributed by atoms with Gasteiger partial charge in [-0.05, 0) is 24.7 Å². The number of nitrogens with zero attached hydrogens (tertiary/aromatic N) is 2. The summed E-state index contributed by atoms with van der Waals surface area (Å²) in [6, 6.07) is 0. The van der Waals surface area contributed by atoms with E-state index >= 15 is 0 Å². The molecule has 0 atom stereocenters. The number of carbonyl (C=O) groups excluding carboxylic acids is 1. The second kappa shape index (κ2) is 5.74. The second-order valence-corrected chi connectivity index (χ2v) is 5.40. The Hall–Kier alpha value is -1.36. The molecule has 1 amide bonds. The molecule has 0 saturated carbocycles. The van der Waals surface area contributed by atoms with E-state index in [2.05, 4.69) is 16.9 Å². The van der Waals surface area contributed by atoms with Gasteiger partial charge in [0, 0.05) is 26.1 Å². The first-order chi connectivity index (χ1) is 9.14. The van der Waals surface area contributed by atoms with E-state index in [0.29, 0.717) is 18.8 Å². The van der Waals surface area contributed by atoms with Crippen LogP contribution in [0.5, 0.6) is 0 Å². The van der Waals surface area contributed by atoms with Gasteiger partial charge < -0.3 is 15.0 Å². The fourth-order valence-electron chi connectivity index (χ4n) is 2.63. The molecule has 2 N–H and O–H groups in total. The molecule has 0 unspecified atom stereocenters. The van der Waals surface area contributed by atoms with Crippen LogP contribution in [0.3, 0.4) is 0 Å². The van der Waals surface area contributed by atoms with Crippen molar-refractivity contribution in [2.24, 2.45) is 5.41 Å². The number of likely N-dealkylation sites (tertiary alicyclic amines) is 1. The number of H-pyrrole nitrogens is 1. The number of aromatic nitrogens is 2. The summed E-state index contributed by atoms with van der Waals surface area (Å²) in [4.78, 5) is 21.4. The van der Waals surface area contributed by atoms with Crippen LogP contribution in [0.2, 0.25) is 0 Å². The molecule has 5 heteroatoms. The summed E-state index contributed by atoms with van der Waals surface area (Å²) in [5, 5.41) is 9.50. The van der Waals surface area contributed by atoms with Crippen molar-refractivity contribution in [3.8, 4) is 0 Å². The Morgan fingerprint density at radius 2 is 2.16 bits per heavy atom. The lowest BCUT2D eigenvalue weighted by molar-refractivity contribution is 0.0335. The van der Waals surface area contributed by atoms with Crippen molar-refractivity contribution in [1.82, 2.24) is 14.9 Å². The van der Waals surface area contributed by atoms with Crippen molar-refractivity contribution in [3.05, 3.63) is 17.7 Å². The standard InChI is InChI=1S/C14H23N3O2/c1-3-12-15-9-11(16-12)13(19)17-7-5-14(4-2,10-18)6-8-17/h9,18H,3-8,10H2,1-2H3,(H,15,16). The molecular formula is C14H23N3O2. The highest BCUT2D eigenvalue weighted by Gasteiger charge is 2.34. The van der Waals surface area contributed by atoms with Crippen LogP contribution in [0.4, 0.5) is 0 Å². The van der Waals surface area contributed by atoms with E-state index in [1.165, 1.54) is 0 Å². The Morgan fingerprint density at radius 1 is 1.47 bits per heavy atom. The molecule has 2 heterocycles. The van der Waals surface area contributed by atoms with Crippen LogP contribution in [-0.2, 0) is 6.42 Å². The van der Waals surface area contributed by atoms with Crippen molar-refractivity contribution < 1.29 is 9.90 Å². The number of rotatable bonds is 4. The SMILES string of the molecule is CCc1ncc(C(=O)N2CCC(CC)(CO)CC2)[nH]1. The fourth-order valence-corrected chi connectivity index (χ4v) is 2.63. The summed E-state index contributed by atoms with van der Waals surface area (Å²) < 4.78 is 0. The molecule has 0 aromatic carbocycles. The quantitative estimate of drug-likeness (QED) is 0.868. The summed E-state index contributed by atoms with van der Waals surface area (Å²) in [6.07, 6.45) is 5.14. The molecule has 0 bridgehead atoms. The van der Waals surface area contributed by atoms with Crippen molar-refractivity contribution in [3.63, 3.8) is 0 Å². The smallest absolute Gasteiger partial charge is 0.271 e. The molecule has 0 radical (unpaired) electrons. The zero-order chi connectivity index (χ0) is 13.9. The van der Waals surface area contributed by atoms with E-state index < -0.39 is 0 Å². The lowest BCUT2D eigenvalue weighted by Crippen LogP contribution is -2.44. The molecule has 1 aliphatic rings. The monoisotopic (exact) mass is 265 g/mol. The van der Waals surface area contributed by atoms with Gasteiger partial charge in [0.05, 0.1) is 6.20 Å². The number of amides is 1. The van der Waals surface area contributed by atoms with Gasteiger partial charge in [0.15, 0.2) is 0 Å². The van der Waals surface area contributed by atoms with Gasteiger partial charge in [0.25, 0.3) is 5.91 Å². The summed E-state index contributed by atoms with van der Waals surface area (Å²) in [6.45, 7) is 5.76. The van der Waals surface area contributed by atoms with Crippen molar-refractivity contribution in [2.75, 3.05) is 19.7 Å². The van der Waals surface area contributed by atoms with Gasteiger partial charge >= 0.3 is 0 Å². The first-order valence-electron chi connectivity index (χ1n) is 7.08. The number of aliphatic hydroxyl groups is 1. The van der Waals surface area contributed by atoms with E-state index in [0.717, 1.165) is 31.5 Å². The number of nitrogens with one attached hydrogen (secondary N) is 1. The van der Waals surface area contributed by atoms with E-state index in [1.807, 2.05) is 11.8 Å². The minimum absolute atomic E-state index is 0.0132. The predicted octanol–water partition coefficient (Wildman–Crippen LogP) is 1.60. The molecule has 0 aliphatic carbocycles. The molecule has 19 heavy (non-hydrogen) atoms. The maximum absolute atomic E-state index is 12.3. The first kappa shape index (κ1) is 14.1. The minimum Gasteiger partial charge on any atom is -0.396 e. The average molecular weight is 265 g/mol. The maximum atomic E-state index is 12.3. The number of hydrogen-bond acceptors (Lipinski definition) is 3. The van der Waals surface area contributed by atoms with Gasteiger partial charge in [-0.25, -0.2) is 4.98 Å². The summed E-state index contributed by atoms with van der Waals surface area (Å²) >= 11 is 0. The van der Waals surface area contributed by atoms with Gasteiger partial charge in [0.2, 0.25) is 0 Å². The van der Waals surface area contributed by atoms with Crippen molar-refractivity contribution in [1.29, 1.82) is 0 Å². The van der Waals surface area contributed by atoms with Crippen LogP contribution in [0.1, 0.15) is 49.4 Å². The number of aromatic amines is 1. The van der Waals surface area contributed by atoms with Crippen LogP contribution >= 0.6 is 0 Å². The third-order valence-electron chi connectivity index (χ3n) is 4.39. The molecule has 2 rings (SSSR count). The zero-order valence-electron chi connectivity index (χ0n) is 11.8. The van der Waals surface area contributed by atoms with Gasteiger partial charge in [-0.2, -0.15) is 0 Å². The lowest BCUT2D eigenvalue weighted by atomic mass is 9.77. The van der Waals surface area contributed by atoms with Crippen molar-refractivity contribution in [2.45, 2.75) is 39.5 Å². The Bertz CT molecular complexity index is 428. The number of imidazole rings is 1. The Labute approximate surface area is 114 Å². The second-order valence-electron chi connectivity index (χ2n) is 5.40. The molecule has 1 aliphatic heterocycles. The summed E-state index contributed by atoms with van der Waals surface area (Å²) in [7, 11) is 0. The van der Waals surface area contributed by atoms with Crippen molar-refractivity contribution >= 4 is 5.91 Å². The molecule has 0 spiro atoms. The molecule has 106 valence electrons. The van der Waals surface area contributed by atoms with Crippen LogP contribution in [0, 0.1) is 5.41 Å². The minimum atomic E-state index is 0.0132. The largest absolute Gasteiger partial charge is 0.396 e. The fraction of sp³-hybridized carbons (Fsp3) is 0.714. The number of aryl methyl sites for hydroxylation is 1. The lowest BCUT2D eigenvalue weighted by Gasteiger charge is -2.40. The van der Waals surface area contributed by atoms with E-state index in [-0.39, 0.29) is 17.9 Å². The first-order valence-corrected chi connectivity index (χ1v) is 7.08. The van der Waals surface area contributed by atoms with Crippen LogP contribution in [0.15, 0.2) is 6.20 Å². The van der Waals surface area contributed by atoms with Gasteiger partial charge in [0.1, 0.15) is 11.5 Å². The Balaban J connectivity index is 1.99. The average Bonchev–Trinajstić information content (AvgIpc) is 2.95. The molecule has 5 nitrogen and oxygen atoms in total. The number of aliphatic hydroxyl groups excluding tert-OH is 1. The maximum Gasteiger partial charge on any atom is 0.271 e. The zero-order valence-corrected chi connectivity index (χ0v) is 11.8. The topological polar surface area (TPSA) is 69.2 Å². The number of piperidine rings is 1. The highest BCUT2D eigenvalue weighted by molar-refractivity contribution is 5.92. The van der Waals surface area contributed by atoms with E-state index in [9.17, 15) is 9.90 Å². The van der Waals surface area contributed by atoms with Crippen LogP contribution in [-0.4, -0.2) is 45.6 Å².